The standard InChI is InChI=1S/C26H26ClN3O2S/c1-16-5-7-20(8-6-16)12-30-13-22(27)25(29-30)28-26(31)23-11-21(15-33-23)14-32-24-18(3)9-17(2)10-19(24)4/h5-11,13,15H,12,14H2,1-4H3,(H,28,29,31). The number of thiophene rings is 1. The molecule has 2 aromatic carbocycles. The predicted molar refractivity (Wildman–Crippen MR) is 135 cm³/mol. The van der Waals surface area contributed by atoms with Gasteiger partial charge in [-0.3, -0.25) is 9.48 Å². The number of aromatic nitrogens is 2. The molecule has 33 heavy (non-hydrogen) atoms. The maximum atomic E-state index is 12.8. The lowest BCUT2D eigenvalue weighted by Crippen LogP contribution is -2.11. The Bertz CT molecular complexity index is 1270. The van der Waals surface area contributed by atoms with Crippen LogP contribution in [0.3, 0.4) is 0 Å². The van der Waals surface area contributed by atoms with Gasteiger partial charge in [-0.2, -0.15) is 5.10 Å². The predicted octanol–water partition coefficient (Wildman–Crippen LogP) is 6.71. The molecule has 0 fully saturated rings. The molecule has 2 heterocycles. The van der Waals surface area contributed by atoms with Crippen LogP contribution in [0, 0.1) is 27.7 Å². The van der Waals surface area contributed by atoms with Crippen molar-refractivity contribution in [1.82, 2.24) is 9.78 Å². The number of anilines is 1. The highest BCUT2D eigenvalue weighted by Gasteiger charge is 2.15. The van der Waals surface area contributed by atoms with E-state index in [-0.39, 0.29) is 5.91 Å². The Kier molecular flexibility index (Phi) is 6.86. The molecule has 0 spiro atoms. The largest absolute Gasteiger partial charge is 0.488 e. The maximum absolute atomic E-state index is 12.8. The van der Waals surface area contributed by atoms with Crippen LogP contribution in [0.15, 0.2) is 54.0 Å². The zero-order valence-corrected chi connectivity index (χ0v) is 20.7. The van der Waals surface area contributed by atoms with Crippen LogP contribution in [0.2, 0.25) is 5.02 Å². The summed E-state index contributed by atoms with van der Waals surface area (Å²) in [7, 11) is 0. The van der Waals surface area contributed by atoms with Crippen molar-refractivity contribution in [2.24, 2.45) is 0 Å². The molecule has 0 radical (unpaired) electrons. The van der Waals surface area contributed by atoms with Crippen LogP contribution in [0.4, 0.5) is 5.82 Å². The fourth-order valence-electron chi connectivity index (χ4n) is 3.73. The van der Waals surface area contributed by atoms with Crippen LogP contribution in [0.5, 0.6) is 5.75 Å². The monoisotopic (exact) mass is 479 g/mol. The van der Waals surface area contributed by atoms with E-state index >= 15 is 0 Å². The smallest absolute Gasteiger partial charge is 0.266 e. The molecule has 0 aliphatic heterocycles. The van der Waals surface area contributed by atoms with Gasteiger partial charge in [0.1, 0.15) is 17.4 Å². The number of halogens is 1. The van der Waals surface area contributed by atoms with Crippen molar-refractivity contribution in [3.63, 3.8) is 0 Å². The molecule has 0 unspecified atom stereocenters. The van der Waals surface area contributed by atoms with Crippen LogP contribution >= 0.6 is 22.9 Å². The molecule has 4 rings (SSSR count). The summed E-state index contributed by atoms with van der Waals surface area (Å²) in [6.07, 6.45) is 1.72. The molecular formula is C26H26ClN3O2S. The second kappa shape index (κ2) is 9.81. The molecule has 1 N–H and O–H groups in total. The third-order valence-electron chi connectivity index (χ3n) is 5.28. The number of aryl methyl sites for hydroxylation is 4. The molecule has 5 nitrogen and oxygen atoms in total. The Labute approximate surface area is 203 Å². The highest BCUT2D eigenvalue weighted by molar-refractivity contribution is 7.12. The van der Waals surface area contributed by atoms with E-state index in [1.165, 1.54) is 22.5 Å². The Morgan fingerprint density at radius 1 is 1.03 bits per heavy atom. The van der Waals surface area contributed by atoms with Gasteiger partial charge in [-0.1, -0.05) is 59.1 Å². The van der Waals surface area contributed by atoms with Gasteiger partial charge in [0.15, 0.2) is 5.82 Å². The first-order valence-electron chi connectivity index (χ1n) is 10.7. The Morgan fingerprint density at radius 3 is 2.42 bits per heavy atom. The number of carbonyl (C=O) groups is 1. The number of ether oxygens (including phenoxy) is 1. The van der Waals surface area contributed by atoms with E-state index in [2.05, 4.69) is 60.7 Å². The summed E-state index contributed by atoms with van der Waals surface area (Å²) in [5.74, 6) is 1.01. The number of carbonyl (C=O) groups excluding carboxylic acids is 1. The third kappa shape index (κ3) is 5.64. The average molecular weight is 480 g/mol. The number of benzene rings is 2. The van der Waals surface area contributed by atoms with Crippen molar-refractivity contribution in [2.75, 3.05) is 5.32 Å². The van der Waals surface area contributed by atoms with Gasteiger partial charge < -0.3 is 10.1 Å². The first-order valence-corrected chi connectivity index (χ1v) is 11.9. The van der Waals surface area contributed by atoms with E-state index in [4.69, 9.17) is 16.3 Å². The second-order valence-electron chi connectivity index (χ2n) is 8.30. The second-order valence-corrected chi connectivity index (χ2v) is 9.62. The fourth-order valence-corrected chi connectivity index (χ4v) is 4.72. The molecule has 0 saturated carbocycles. The minimum atomic E-state index is -0.239. The fraction of sp³-hybridized carbons (Fsp3) is 0.231. The molecule has 1 amide bonds. The minimum Gasteiger partial charge on any atom is -0.488 e. The van der Waals surface area contributed by atoms with Crippen LogP contribution in [0.25, 0.3) is 0 Å². The number of nitrogens with one attached hydrogen (secondary N) is 1. The average Bonchev–Trinajstić information content (AvgIpc) is 3.36. The maximum Gasteiger partial charge on any atom is 0.266 e. The summed E-state index contributed by atoms with van der Waals surface area (Å²) in [5.41, 5.74) is 6.69. The van der Waals surface area contributed by atoms with Gasteiger partial charge in [0.25, 0.3) is 5.91 Å². The van der Waals surface area contributed by atoms with Crippen molar-refractivity contribution in [1.29, 1.82) is 0 Å². The quantitative estimate of drug-likeness (QED) is 0.320. The minimum absolute atomic E-state index is 0.239. The molecule has 0 aliphatic rings. The molecule has 0 saturated heterocycles. The molecule has 0 aliphatic carbocycles. The summed E-state index contributed by atoms with van der Waals surface area (Å²) in [4.78, 5) is 13.3. The molecule has 0 bridgehead atoms. The van der Waals surface area contributed by atoms with Gasteiger partial charge in [-0.15, -0.1) is 11.3 Å². The molecule has 7 heteroatoms. The Morgan fingerprint density at radius 2 is 1.73 bits per heavy atom. The van der Waals surface area contributed by atoms with Crippen molar-refractivity contribution >= 4 is 34.7 Å². The zero-order valence-electron chi connectivity index (χ0n) is 19.1. The number of amides is 1. The van der Waals surface area contributed by atoms with E-state index in [0.29, 0.717) is 28.9 Å². The molecule has 0 atom stereocenters. The summed E-state index contributed by atoms with van der Waals surface area (Å²) < 4.78 is 7.77. The molecule has 170 valence electrons. The van der Waals surface area contributed by atoms with Gasteiger partial charge >= 0.3 is 0 Å². The lowest BCUT2D eigenvalue weighted by atomic mass is 10.1. The zero-order chi connectivity index (χ0) is 23.5. The van der Waals surface area contributed by atoms with Crippen LogP contribution in [-0.2, 0) is 13.2 Å². The van der Waals surface area contributed by atoms with Gasteiger partial charge in [0.05, 0.1) is 11.4 Å². The van der Waals surface area contributed by atoms with Crippen molar-refractivity contribution < 1.29 is 9.53 Å². The lowest BCUT2D eigenvalue weighted by Gasteiger charge is -2.12. The van der Waals surface area contributed by atoms with Crippen molar-refractivity contribution in [3.05, 3.63) is 97.3 Å². The molecular weight excluding hydrogens is 454 g/mol. The highest BCUT2D eigenvalue weighted by atomic mass is 35.5. The third-order valence-corrected chi connectivity index (χ3v) is 6.53. The van der Waals surface area contributed by atoms with E-state index in [0.717, 1.165) is 28.0 Å². The summed E-state index contributed by atoms with van der Waals surface area (Å²) in [6, 6.07) is 14.3. The molecule has 4 aromatic rings. The Balaban J connectivity index is 1.39. The van der Waals surface area contributed by atoms with Crippen LogP contribution in [0.1, 0.15) is 43.1 Å². The normalized spacial score (nSPS) is 10.9. The Hall–Kier alpha value is -3.09. The topological polar surface area (TPSA) is 56.2 Å². The first-order chi connectivity index (χ1) is 15.8. The van der Waals surface area contributed by atoms with Gasteiger partial charge in [0, 0.05) is 11.8 Å². The van der Waals surface area contributed by atoms with Gasteiger partial charge in [-0.05, 0) is 55.8 Å². The van der Waals surface area contributed by atoms with Crippen LogP contribution in [-0.4, -0.2) is 15.7 Å². The summed E-state index contributed by atoms with van der Waals surface area (Å²) in [6.45, 7) is 9.20. The van der Waals surface area contributed by atoms with Crippen molar-refractivity contribution in [3.8, 4) is 5.75 Å². The van der Waals surface area contributed by atoms with E-state index in [1.54, 1.807) is 10.9 Å². The summed E-state index contributed by atoms with van der Waals surface area (Å²) >= 11 is 7.69. The van der Waals surface area contributed by atoms with Gasteiger partial charge in [0.2, 0.25) is 0 Å². The highest BCUT2D eigenvalue weighted by Crippen LogP contribution is 2.27. The van der Waals surface area contributed by atoms with Gasteiger partial charge in [-0.25, -0.2) is 0 Å². The van der Waals surface area contributed by atoms with E-state index < -0.39 is 0 Å². The number of nitrogens with zero attached hydrogens (tertiary/aromatic N) is 2. The van der Waals surface area contributed by atoms with E-state index in [9.17, 15) is 4.79 Å². The number of hydrogen-bond acceptors (Lipinski definition) is 4. The van der Waals surface area contributed by atoms with Crippen LogP contribution < -0.4 is 10.1 Å². The SMILES string of the molecule is Cc1ccc(Cn2cc(Cl)c(NC(=O)c3cc(COc4c(C)cc(C)cc4C)cs3)n2)cc1. The number of hydrogen-bond donors (Lipinski definition) is 1. The van der Waals surface area contributed by atoms with Crippen molar-refractivity contribution in [2.45, 2.75) is 40.8 Å². The first kappa shape index (κ1) is 23.1. The molecule has 2 aromatic heterocycles. The number of rotatable bonds is 7. The summed E-state index contributed by atoms with van der Waals surface area (Å²) in [5, 5.41) is 9.59. The van der Waals surface area contributed by atoms with E-state index in [1.807, 2.05) is 25.3 Å². The lowest BCUT2D eigenvalue weighted by molar-refractivity contribution is 0.103.